The molecule has 0 fully saturated rings. The van der Waals surface area contributed by atoms with Gasteiger partial charge in [-0.1, -0.05) is 0 Å². The maximum atomic E-state index is 12.0. The van der Waals surface area contributed by atoms with Gasteiger partial charge in [0.05, 0.1) is 5.56 Å². The van der Waals surface area contributed by atoms with Gasteiger partial charge >= 0.3 is 6.18 Å². The molecule has 0 bridgehead atoms. The molecule has 0 aliphatic rings. The SMILES string of the molecule is NC(=[NH2+])c1ccc(C(F)(F)F)nc1. The second kappa shape index (κ2) is 3.04. The fourth-order valence-electron chi connectivity index (χ4n) is 0.732. The number of halogens is 3. The monoisotopic (exact) mass is 190 g/mol. The second-order valence-corrected chi connectivity index (χ2v) is 2.39. The third-order valence-electron chi connectivity index (χ3n) is 1.39. The fraction of sp³-hybridized carbons (Fsp3) is 0.143. The molecule has 70 valence electrons. The van der Waals surface area contributed by atoms with Gasteiger partial charge in [0.2, 0.25) is 0 Å². The maximum Gasteiger partial charge on any atom is 0.433 e. The van der Waals surface area contributed by atoms with E-state index in [2.05, 4.69) is 4.98 Å². The average molecular weight is 190 g/mol. The molecule has 0 aliphatic carbocycles. The summed E-state index contributed by atoms with van der Waals surface area (Å²) in [7, 11) is 0. The highest BCUT2D eigenvalue weighted by Gasteiger charge is 2.32. The van der Waals surface area contributed by atoms with E-state index >= 15 is 0 Å². The molecule has 1 aromatic rings. The van der Waals surface area contributed by atoms with Crippen molar-refractivity contribution in [3.05, 3.63) is 29.6 Å². The molecule has 0 unspecified atom stereocenters. The number of alkyl halides is 3. The van der Waals surface area contributed by atoms with Gasteiger partial charge in [-0.3, -0.25) is 16.1 Å². The van der Waals surface area contributed by atoms with E-state index in [1.54, 1.807) is 0 Å². The molecular weight excluding hydrogens is 183 g/mol. The lowest BCUT2D eigenvalue weighted by Crippen LogP contribution is -2.46. The van der Waals surface area contributed by atoms with Gasteiger partial charge in [-0.05, 0) is 12.1 Å². The van der Waals surface area contributed by atoms with Crippen molar-refractivity contribution in [2.75, 3.05) is 0 Å². The van der Waals surface area contributed by atoms with Crippen molar-refractivity contribution in [2.24, 2.45) is 5.73 Å². The Hall–Kier alpha value is -1.59. The molecular formula is C7H7F3N3+. The van der Waals surface area contributed by atoms with Gasteiger partial charge in [-0.2, -0.15) is 13.2 Å². The first-order valence-corrected chi connectivity index (χ1v) is 3.33. The largest absolute Gasteiger partial charge is 0.433 e. The Morgan fingerprint density at radius 2 is 2.00 bits per heavy atom. The first-order valence-electron chi connectivity index (χ1n) is 3.33. The Morgan fingerprint density at radius 3 is 2.31 bits per heavy atom. The summed E-state index contributed by atoms with van der Waals surface area (Å²) in [4.78, 5) is 3.17. The molecule has 0 aromatic carbocycles. The third-order valence-corrected chi connectivity index (χ3v) is 1.39. The van der Waals surface area contributed by atoms with Crippen LogP contribution in [0.15, 0.2) is 18.3 Å². The number of nitrogens with zero attached hydrogens (tertiary/aromatic N) is 1. The van der Waals surface area contributed by atoms with Crippen LogP contribution in [0.4, 0.5) is 13.2 Å². The zero-order chi connectivity index (χ0) is 10.1. The molecule has 1 rings (SSSR count). The first kappa shape index (κ1) is 9.50. The molecule has 0 saturated carbocycles. The zero-order valence-corrected chi connectivity index (χ0v) is 6.47. The number of hydrogen-bond acceptors (Lipinski definition) is 1. The maximum absolute atomic E-state index is 12.0. The van der Waals surface area contributed by atoms with Crippen molar-refractivity contribution in [1.82, 2.24) is 4.98 Å². The van der Waals surface area contributed by atoms with Gasteiger partial charge < -0.3 is 0 Å². The lowest BCUT2D eigenvalue weighted by atomic mass is 10.2. The summed E-state index contributed by atoms with van der Waals surface area (Å²) < 4.78 is 36.0. The number of pyridine rings is 1. The van der Waals surface area contributed by atoms with Crippen molar-refractivity contribution in [3.8, 4) is 0 Å². The summed E-state index contributed by atoms with van der Waals surface area (Å²) in [6, 6.07) is 2.00. The quantitative estimate of drug-likeness (QED) is 0.466. The minimum absolute atomic E-state index is 0.0544. The number of nitrogens with two attached hydrogens (primary N) is 2. The predicted octanol–water partition coefficient (Wildman–Crippen LogP) is -0.435. The van der Waals surface area contributed by atoms with E-state index in [1.807, 2.05) is 0 Å². The van der Waals surface area contributed by atoms with Crippen molar-refractivity contribution in [2.45, 2.75) is 6.18 Å². The molecule has 0 radical (unpaired) electrons. The van der Waals surface area contributed by atoms with Gasteiger partial charge in [0.25, 0.3) is 5.84 Å². The fourth-order valence-corrected chi connectivity index (χ4v) is 0.732. The highest BCUT2D eigenvalue weighted by molar-refractivity contribution is 5.92. The number of hydrogen-bond donors (Lipinski definition) is 2. The Kier molecular flexibility index (Phi) is 2.22. The number of rotatable bonds is 1. The van der Waals surface area contributed by atoms with Crippen LogP contribution < -0.4 is 11.1 Å². The normalized spacial score (nSPS) is 11.3. The molecule has 0 saturated heterocycles. The van der Waals surface area contributed by atoms with E-state index in [9.17, 15) is 13.2 Å². The summed E-state index contributed by atoms with van der Waals surface area (Å²) >= 11 is 0. The molecule has 1 aromatic heterocycles. The van der Waals surface area contributed by atoms with Gasteiger partial charge in [-0.15, -0.1) is 0 Å². The van der Waals surface area contributed by atoms with Crippen LogP contribution in [0.5, 0.6) is 0 Å². The zero-order valence-electron chi connectivity index (χ0n) is 6.47. The smallest absolute Gasteiger partial charge is 0.287 e. The van der Waals surface area contributed by atoms with Crippen molar-refractivity contribution in [1.29, 1.82) is 0 Å². The molecule has 0 spiro atoms. The van der Waals surface area contributed by atoms with Crippen LogP contribution in [0.3, 0.4) is 0 Å². The van der Waals surface area contributed by atoms with E-state index in [1.165, 1.54) is 6.07 Å². The molecule has 0 atom stereocenters. The van der Waals surface area contributed by atoms with Crippen LogP contribution in [0.1, 0.15) is 11.3 Å². The van der Waals surface area contributed by atoms with Gasteiger partial charge in [0, 0.05) is 6.20 Å². The Labute approximate surface area is 71.9 Å². The predicted molar refractivity (Wildman–Crippen MR) is 39.5 cm³/mol. The van der Waals surface area contributed by atoms with E-state index < -0.39 is 11.9 Å². The van der Waals surface area contributed by atoms with E-state index in [0.29, 0.717) is 0 Å². The minimum Gasteiger partial charge on any atom is -0.287 e. The molecule has 1 heterocycles. The van der Waals surface area contributed by atoms with Crippen molar-refractivity contribution < 1.29 is 18.6 Å². The van der Waals surface area contributed by atoms with E-state index in [4.69, 9.17) is 11.1 Å². The highest BCUT2D eigenvalue weighted by Crippen LogP contribution is 2.26. The Morgan fingerprint density at radius 1 is 1.38 bits per heavy atom. The van der Waals surface area contributed by atoms with Crippen LogP contribution in [-0.2, 0) is 6.18 Å². The summed E-state index contributed by atoms with van der Waals surface area (Å²) in [5.41, 5.74) is 4.47. The summed E-state index contributed by atoms with van der Waals surface area (Å²) in [5.74, 6) is -0.0544. The van der Waals surface area contributed by atoms with Gasteiger partial charge in [0.1, 0.15) is 5.69 Å². The number of aromatic nitrogens is 1. The summed E-state index contributed by atoms with van der Waals surface area (Å²) in [5, 5.41) is 5.15. The topological polar surface area (TPSA) is 64.5 Å². The molecule has 13 heavy (non-hydrogen) atoms. The molecule has 3 nitrogen and oxygen atoms in total. The van der Waals surface area contributed by atoms with E-state index in [-0.39, 0.29) is 11.4 Å². The molecule has 0 aliphatic heterocycles. The third kappa shape index (κ3) is 2.17. The molecule has 0 amide bonds. The molecule has 6 heteroatoms. The second-order valence-electron chi connectivity index (χ2n) is 2.39. The van der Waals surface area contributed by atoms with Crippen LogP contribution in [0, 0.1) is 0 Å². The molecule has 4 N–H and O–H groups in total. The average Bonchev–Trinajstić information content (AvgIpc) is 2.03. The van der Waals surface area contributed by atoms with Crippen molar-refractivity contribution in [3.63, 3.8) is 0 Å². The van der Waals surface area contributed by atoms with Crippen LogP contribution in [0.25, 0.3) is 0 Å². The minimum atomic E-state index is -4.43. The van der Waals surface area contributed by atoms with Crippen LogP contribution in [0.2, 0.25) is 0 Å². The van der Waals surface area contributed by atoms with Crippen molar-refractivity contribution >= 4 is 5.84 Å². The number of amidine groups is 1. The van der Waals surface area contributed by atoms with Gasteiger partial charge in [0.15, 0.2) is 0 Å². The van der Waals surface area contributed by atoms with Crippen LogP contribution >= 0.6 is 0 Å². The van der Waals surface area contributed by atoms with Crippen LogP contribution in [-0.4, -0.2) is 10.8 Å². The highest BCUT2D eigenvalue weighted by atomic mass is 19.4. The Bertz CT molecular complexity index is 315. The standard InChI is InChI=1S/C7H6F3N3/c8-7(9,10)5-2-1-4(3-13-5)6(11)12/h1-3H,(H3,11,12)/p+1. The van der Waals surface area contributed by atoms with Gasteiger partial charge in [-0.25, -0.2) is 0 Å². The summed E-state index contributed by atoms with van der Waals surface area (Å²) in [6.07, 6.45) is -3.44. The van der Waals surface area contributed by atoms with E-state index in [0.717, 1.165) is 12.3 Å². The first-order chi connectivity index (χ1) is 5.91. The Balaban J connectivity index is 3.01. The lowest BCUT2D eigenvalue weighted by Gasteiger charge is -2.04. The summed E-state index contributed by atoms with van der Waals surface area (Å²) in [6.45, 7) is 0. The lowest BCUT2D eigenvalue weighted by molar-refractivity contribution is -0.141.